The Morgan fingerprint density at radius 3 is 2.48 bits per heavy atom. The Morgan fingerprint density at radius 1 is 1.08 bits per heavy atom. The summed E-state index contributed by atoms with van der Waals surface area (Å²) in [7, 11) is 1.38. The molecule has 0 aliphatic heterocycles. The fraction of sp³-hybridized carbons (Fsp3) is 0.300. The Bertz CT molecular complexity index is 724. The first-order valence-electron chi connectivity index (χ1n) is 8.37. The molecule has 5 nitrogen and oxygen atoms in total. The molecule has 0 saturated heterocycles. The van der Waals surface area contributed by atoms with E-state index in [0.717, 1.165) is 18.1 Å². The van der Waals surface area contributed by atoms with Gasteiger partial charge in [0.2, 0.25) is 0 Å². The number of methoxy groups -OCH3 is 1. The number of hydrogen-bond donors (Lipinski definition) is 2. The lowest BCUT2D eigenvalue weighted by Gasteiger charge is -2.12. The van der Waals surface area contributed by atoms with Crippen molar-refractivity contribution >= 4 is 11.9 Å². The van der Waals surface area contributed by atoms with E-state index in [9.17, 15) is 4.79 Å². The Morgan fingerprint density at radius 2 is 1.84 bits per heavy atom. The SMILES string of the molecule is CCNC(=NCc1cccc(C)c1)NCc1ccc(C(=O)OC)cc1. The molecule has 0 saturated carbocycles. The largest absolute Gasteiger partial charge is 0.465 e. The standard InChI is InChI=1S/C20H25N3O2/c1-4-21-20(23-14-17-7-5-6-15(2)12-17)22-13-16-8-10-18(11-9-16)19(24)25-3/h5-12H,4,13-14H2,1-3H3,(H2,21,22,23). The third-order valence-corrected chi connectivity index (χ3v) is 3.68. The van der Waals surface area contributed by atoms with Crippen LogP contribution in [0.25, 0.3) is 0 Å². The van der Waals surface area contributed by atoms with Gasteiger partial charge in [0.05, 0.1) is 19.2 Å². The molecule has 0 unspecified atom stereocenters. The summed E-state index contributed by atoms with van der Waals surface area (Å²) in [6.45, 7) is 6.16. The van der Waals surface area contributed by atoms with Crippen LogP contribution in [0.4, 0.5) is 0 Å². The van der Waals surface area contributed by atoms with Gasteiger partial charge < -0.3 is 15.4 Å². The molecular weight excluding hydrogens is 314 g/mol. The molecule has 0 aliphatic rings. The molecule has 0 bridgehead atoms. The van der Waals surface area contributed by atoms with Crippen LogP contribution in [-0.2, 0) is 17.8 Å². The number of rotatable bonds is 6. The van der Waals surface area contributed by atoms with E-state index in [0.29, 0.717) is 18.7 Å². The summed E-state index contributed by atoms with van der Waals surface area (Å²) in [5, 5.41) is 6.55. The minimum atomic E-state index is -0.326. The van der Waals surface area contributed by atoms with E-state index in [4.69, 9.17) is 4.74 Å². The highest BCUT2D eigenvalue weighted by molar-refractivity contribution is 5.89. The Kier molecular flexibility index (Phi) is 7.01. The summed E-state index contributed by atoms with van der Waals surface area (Å²) < 4.78 is 4.70. The molecule has 0 amide bonds. The van der Waals surface area contributed by atoms with Crippen LogP contribution < -0.4 is 10.6 Å². The van der Waals surface area contributed by atoms with Crippen molar-refractivity contribution in [2.75, 3.05) is 13.7 Å². The van der Waals surface area contributed by atoms with E-state index in [1.165, 1.54) is 18.2 Å². The molecule has 0 radical (unpaired) electrons. The molecule has 0 atom stereocenters. The number of guanidine groups is 1. The number of ether oxygens (including phenoxy) is 1. The second kappa shape index (κ2) is 9.47. The third kappa shape index (κ3) is 5.95. The number of nitrogens with zero attached hydrogens (tertiary/aromatic N) is 1. The van der Waals surface area contributed by atoms with Crippen molar-refractivity contribution in [3.63, 3.8) is 0 Å². The van der Waals surface area contributed by atoms with E-state index in [1.807, 2.05) is 25.1 Å². The number of carbonyl (C=O) groups is 1. The molecule has 2 aromatic rings. The predicted octanol–water partition coefficient (Wildman–Crippen LogP) is 3.04. The molecule has 0 aromatic heterocycles. The quantitative estimate of drug-likeness (QED) is 0.482. The van der Waals surface area contributed by atoms with Gasteiger partial charge in [0.15, 0.2) is 5.96 Å². The monoisotopic (exact) mass is 339 g/mol. The van der Waals surface area contributed by atoms with E-state index >= 15 is 0 Å². The van der Waals surface area contributed by atoms with Gasteiger partial charge in [-0.05, 0) is 37.1 Å². The summed E-state index contributed by atoms with van der Waals surface area (Å²) >= 11 is 0. The summed E-state index contributed by atoms with van der Waals surface area (Å²) in [5.74, 6) is 0.439. The number of esters is 1. The number of hydrogen-bond acceptors (Lipinski definition) is 3. The topological polar surface area (TPSA) is 62.7 Å². The van der Waals surface area contributed by atoms with Gasteiger partial charge >= 0.3 is 5.97 Å². The molecule has 5 heteroatoms. The van der Waals surface area contributed by atoms with Gasteiger partial charge in [-0.3, -0.25) is 0 Å². The van der Waals surface area contributed by atoms with Crippen molar-refractivity contribution in [2.45, 2.75) is 26.9 Å². The number of nitrogens with one attached hydrogen (secondary N) is 2. The molecule has 2 rings (SSSR count). The van der Waals surface area contributed by atoms with Crippen molar-refractivity contribution < 1.29 is 9.53 Å². The Balaban J connectivity index is 1.96. The molecule has 0 aliphatic carbocycles. The van der Waals surface area contributed by atoms with Crippen molar-refractivity contribution in [1.29, 1.82) is 0 Å². The minimum Gasteiger partial charge on any atom is -0.465 e. The zero-order chi connectivity index (χ0) is 18.1. The van der Waals surface area contributed by atoms with Crippen LogP contribution in [0.5, 0.6) is 0 Å². The highest BCUT2D eigenvalue weighted by atomic mass is 16.5. The maximum Gasteiger partial charge on any atom is 0.337 e. The van der Waals surface area contributed by atoms with E-state index in [1.54, 1.807) is 12.1 Å². The predicted molar refractivity (Wildman–Crippen MR) is 101 cm³/mol. The number of carbonyl (C=O) groups excluding carboxylic acids is 1. The highest BCUT2D eigenvalue weighted by Crippen LogP contribution is 2.07. The molecule has 0 spiro atoms. The van der Waals surface area contributed by atoms with Crippen LogP contribution in [0.15, 0.2) is 53.5 Å². The van der Waals surface area contributed by atoms with Gasteiger partial charge in [0.25, 0.3) is 0 Å². The maximum absolute atomic E-state index is 11.5. The smallest absolute Gasteiger partial charge is 0.337 e. The lowest BCUT2D eigenvalue weighted by Crippen LogP contribution is -2.36. The maximum atomic E-state index is 11.5. The number of aryl methyl sites for hydroxylation is 1. The minimum absolute atomic E-state index is 0.326. The summed E-state index contributed by atoms with van der Waals surface area (Å²) in [4.78, 5) is 16.1. The summed E-state index contributed by atoms with van der Waals surface area (Å²) in [5.41, 5.74) is 4.02. The van der Waals surface area contributed by atoms with Crippen LogP contribution in [0.1, 0.15) is 34.0 Å². The van der Waals surface area contributed by atoms with Crippen molar-refractivity contribution in [2.24, 2.45) is 4.99 Å². The first-order chi connectivity index (χ1) is 12.1. The van der Waals surface area contributed by atoms with Gasteiger partial charge in [0.1, 0.15) is 0 Å². The second-order valence-corrected chi connectivity index (χ2v) is 5.73. The highest BCUT2D eigenvalue weighted by Gasteiger charge is 2.04. The van der Waals surface area contributed by atoms with Crippen LogP contribution in [0.3, 0.4) is 0 Å². The first-order valence-corrected chi connectivity index (χ1v) is 8.37. The van der Waals surface area contributed by atoms with Gasteiger partial charge in [-0.2, -0.15) is 0 Å². The van der Waals surface area contributed by atoms with Crippen LogP contribution in [0, 0.1) is 6.92 Å². The van der Waals surface area contributed by atoms with Gasteiger partial charge in [-0.25, -0.2) is 9.79 Å². The molecule has 25 heavy (non-hydrogen) atoms. The van der Waals surface area contributed by atoms with E-state index < -0.39 is 0 Å². The fourth-order valence-corrected chi connectivity index (χ4v) is 2.38. The third-order valence-electron chi connectivity index (χ3n) is 3.68. The molecule has 132 valence electrons. The normalized spacial score (nSPS) is 11.1. The van der Waals surface area contributed by atoms with Gasteiger partial charge in [-0.15, -0.1) is 0 Å². The molecule has 0 fully saturated rings. The van der Waals surface area contributed by atoms with Gasteiger partial charge in [0, 0.05) is 13.1 Å². The molecular formula is C20H25N3O2. The Hall–Kier alpha value is -2.82. The zero-order valence-corrected chi connectivity index (χ0v) is 15.0. The van der Waals surface area contributed by atoms with Crippen molar-refractivity contribution in [3.05, 3.63) is 70.8 Å². The summed E-state index contributed by atoms with van der Waals surface area (Å²) in [6, 6.07) is 15.7. The Labute approximate surface area is 149 Å². The average Bonchev–Trinajstić information content (AvgIpc) is 2.64. The van der Waals surface area contributed by atoms with Gasteiger partial charge in [-0.1, -0.05) is 42.0 Å². The second-order valence-electron chi connectivity index (χ2n) is 5.73. The van der Waals surface area contributed by atoms with Crippen LogP contribution in [0.2, 0.25) is 0 Å². The molecule has 0 heterocycles. The molecule has 2 aromatic carbocycles. The molecule has 2 N–H and O–H groups in total. The number of aliphatic imine (C=N–C) groups is 1. The number of benzene rings is 2. The van der Waals surface area contributed by atoms with Crippen molar-refractivity contribution in [1.82, 2.24) is 10.6 Å². The van der Waals surface area contributed by atoms with Crippen LogP contribution >= 0.6 is 0 Å². The van der Waals surface area contributed by atoms with Crippen molar-refractivity contribution in [3.8, 4) is 0 Å². The summed E-state index contributed by atoms with van der Waals surface area (Å²) in [6.07, 6.45) is 0. The van der Waals surface area contributed by atoms with E-state index in [-0.39, 0.29) is 5.97 Å². The van der Waals surface area contributed by atoms with E-state index in [2.05, 4.69) is 40.7 Å². The lowest BCUT2D eigenvalue weighted by atomic mass is 10.1. The zero-order valence-electron chi connectivity index (χ0n) is 15.0. The fourth-order valence-electron chi connectivity index (χ4n) is 2.38. The lowest BCUT2D eigenvalue weighted by molar-refractivity contribution is 0.0600. The first kappa shape index (κ1) is 18.5. The average molecular weight is 339 g/mol. The van der Waals surface area contributed by atoms with Crippen LogP contribution in [-0.4, -0.2) is 25.6 Å².